The van der Waals surface area contributed by atoms with Gasteiger partial charge in [-0.15, -0.1) is 0 Å². The van der Waals surface area contributed by atoms with Crippen molar-refractivity contribution in [1.29, 1.82) is 0 Å². The van der Waals surface area contributed by atoms with Crippen LogP contribution < -0.4 is 0 Å². The van der Waals surface area contributed by atoms with Crippen molar-refractivity contribution in [2.24, 2.45) is 0 Å². The van der Waals surface area contributed by atoms with Crippen molar-refractivity contribution >= 4 is 11.4 Å². The van der Waals surface area contributed by atoms with E-state index >= 15 is 0 Å². The van der Waals surface area contributed by atoms with E-state index in [2.05, 4.69) is 152 Å². The first-order valence-electron chi connectivity index (χ1n) is 38.2. The molecule has 1 heterocycles. The average molecular weight is 1300 g/mol. The van der Waals surface area contributed by atoms with Crippen LogP contribution in [0.2, 0.25) is 0 Å². The number of hydrogen-bond donors (Lipinski definition) is 0. The van der Waals surface area contributed by atoms with Gasteiger partial charge in [0.25, 0.3) is 0 Å². The van der Waals surface area contributed by atoms with Crippen molar-refractivity contribution in [2.45, 2.75) is 361 Å². The van der Waals surface area contributed by atoms with Crippen molar-refractivity contribution in [3.63, 3.8) is 0 Å². The molecule has 0 bridgehead atoms. The number of nitrogens with zero attached hydrogens (tertiary/aromatic N) is 2. The van der Waals surface area contributed by atoms with E-state index < -0.39 is 0 Å². The summed E-state index contributed by atoms with van der Waals surface area (Å²) in [7, 11) is 0. The Hall–Kier alpha value is -3.82. The molecule has 0 N–H and O–H groups in total. The molecule has 1 aliphatic heterocycles. The summed E-state index contributed by atoms with van der Waals surface area (Å²) >= 11 is 0.793. The van der Waals surface area contributed by atoms with E-state index in [4.69, 9.17) is 0 Å². The molecule has 0 atom stereocenters. The average Bonchev–Trinajstić information content (AvgIpc) is 1.68. The van der Waals surface area contributed by atoms with E-state index in [-0.39, 0.29) is 0 Å². The summed E-state index contributed by atoms with van der Waals surface area (Å²) in [6, 6.07) is 31.5. The van der Waals surface area contributed by atoms with Crippen molar-refractivity contribution in [2.75, 3.05) is 0 Å². The van der Waals surface area contributed by atoms with Crippen LogP contribution in [0.15, 0.2) is 96.1 Å². The molecule has 0 unspecified atom stereocenters. The Kier molecular flexibility index (Phi) is 45.1. The van der Waals surface area contributed by atoms with Gasteiger partial charge in [0.05, 0.1) is 0 Å². The summed E-state index contributed by atoms with van der Waals surface area (Å²) in [6.07, 6.45) is 59.3. The molecule has 0 saturated heterocycles. The maximum absolute atomic E-state index is 13.0. The van der Waals surface area contributed by atoms with E-state index in [1.165, 1.54) is 297 Å². The van der Waals surface area contributed by atoms with E-state index in [0.717, 1.165) is 92.7 Å². The van der Waals surface area contributed by atoms with Crippen LogP contribution in [0.4, 0.5) is 0 Å². The number of rotatable bonds is 51. The standard InChI is InChI=1S/C72H120N2.2C7H7.Pd/c1-9-17-24-25-26-27-28-29-30-31-32-33-34-35-36-37-38-39-40-41-42-43-44-49-56-70-67(16-8)71(65-57-61(50-45-18-10-2)68(54-22-14-6)62(58-65)51-46-19-11-3)74(73)72(70)66-59-63(52-47-20-12-4)69(55-23-15-7)64(60-66)53-48-21-13-5;2*1-7-5-3-2-4-6-7;/h57-60H,9-48,50-55H2,1-8H3;2*2-6H,1H2;. The zero-order valence-corrected chi connectivity index (χ0v) is 60.8. The first-order chi connectivity index (χ1) is 43.9. The molecule has 498 valence electrons. The molecule has 0 amide bonds. The van der Waals surface area contributed by atoms with Crippen LogP contribution >= 0.6 is 0 Å². The molecule has 0 fully saturated rings. The van der Waals surface area contributed by atoms with Crippen molar-refractivity contribution < 1.29 is 22.7 Å². The summed E-state index contributed by atoms with van der Waals surface area (Å²) in [6.45, 7) is 18.6. The molecular formula is C86H134N2Pd. The van der Waals surface area contributed by atoms with Gasteiger partial charge in [-0.25, -0.2) is 4.70 Å². The second-order valence-electron chi connectivity index (χ2n) is 26.6. The molecule has 4 aromatic rings. The first-order valence-corrected chi connectivity index (χ1v) is 40.4. The summed E-state index contributed by atoms with van der Waals surface area (Å²) in [4.78, 5) is 2.45. The van der Waals surface area contributed by atoms with Crippen LogP contribution in [0.1, 0.15) is 368 Å². The topological polar surface area (TPSA) is 25.3 Å². The second kappa shape index (κ2) is 51.7. The van der Waals surface area contributed by atoms with Crippen molar-refractivity contribution in [3.05, 3.63) is 157 Å². The van der Waals surface area contributed by atoms with Crippen LogP contribution in [0.5, 0.6) is 0 Å². The third-order valence-corrected chi connectivity index (χ3v) is 20.8. The molecule has 0 aliphatic carbocycles. The number of benzene rings is 4. The molecule has 0 spiro atoms. The zero-order valence-electron chi connectivity index (χ0n) is 59.2. The second-order valence-corrected chi connectivity index (χ2v) is 28.5. The number of aryl methyl sites for hydroxylation is 4. The summed E-state index contributed by atoms with van der Waals surface area (Å²) < 4.78 is 1.64. The van der Waals surface area contributed by atoms with Crippen LogP contribution in [-0.2, 0) is 66.3 Å². The fourth-order valence-electron chi connectivity index (χ4n) is 13.3. The minimum atomic E-state index is 0.793. The van der Waals surface area contributed by atoms with Gasteiger partial charge in [-0.1, -0.05) is 266 Å². The summed E-state index contributed by atoms with van der Waals surface area (Å²) in [5, 5.41) is 0. The molecular weight excluding hydrogens is 1170 g/mol. The van der Waals surface area contributed by atoms with E-state index in [1.54, 1.807) is 15.8 Å². The SMILES string of the molecule is CCCCCCCCCCCCCCCCCCCCCCCCC#CC1=C(c2cc(CCCCC)c(CCCC)c(CCCCC)c2)[N+](=[N-])C(c2cc(CCCCC)c(CCCC)c(CCCCC)c2)=C1CC.c1ccc([CH2][Pd][CH2]c2ccccc2)cc1. The monoisotopic (exact) mass is 1300 g/mol. The normalized spacial score (nSPS) is 12.3. The maximum atomic E-state index is 13.0. The predicted molar refractivity (Wildman–Crippen MR) is 391 cm³/mol. The quantitative estimate of drug-likeness (QED) is 0.0182. The van der Waals surface area contributed by atoms with Gasteiger partial charge in [-0.2, -0.15) is 0 Å². The van der Waals surface area contributed by atoms with Gasteiger partial charge in [-0.05, 0) is 148 Å². The van der Waals surface area contributed by atoms with Gasteiger partial charge in [-0.3, -0.25) is 0 Å². The fourth-order valence-corrected chi connectivity index (χ4v) is 15.1. The van der Waals surface area contributed by atoms with Crippen LogP contribution in [-0.4, -0.2) is 4.70 Å². The number of hydrogen-bond acceptors (Lipinski definition) is 0. The Morgan fingerprint density at radius 2 is 0.640 bits per heavy atom. The Morgan fingerprint density at radius 1 is 0.337 bits per heavy atom. The zero-order chi connectivity index (χ0) is 63.6. The van der Waals surface area contributed by atoms with Gasteiger partial charge >= 0.3 is 99.6 Å². The van der Waals surface area contributed by atoms with Gasteiger partial charge < -0.3 is 5.53 Å². The van der Waals surface area contributed by atoms with E-state index in [0.29, 0.717) is 0 Å². The predicted octanol–water partition coefficient (Wildman–Crippen LogP) is 27.3. The summed E-state index contributed by atoms with van der Waals surface area (Å²) in [5.41, 5.74) is 31.8. The van der Waals surface area contributed by atoms with Crippen LogP contribution in [0.25, 0.3) is 16.9 Å². The third kappa shape index (κ3) is 31.6. The Morgan fingerprint density at radius 3 is 0.966 bits per heavy atom. The number of unbranched alkanes of at least 4 members (excludes halogenated alkanes) is 32. The van der Waals surface area contributed by atoms with Crippen LogP contribution in [0, 0.1) is 11.8 Å². The molecule has 5 rings (SSSR count). The minimum absolute atomic E-state index is 0.793. The Balaban J connectivity index is 0.000000972. The van der Waals surface area contributed by atoms with Gasteiger partial charge in [0.2, 0.25) is 11.4 Å². The van der Waals surface area contributed by atoms with Gasteiger partial charge in [0.1, 0.15) is 5.57 Å². The van der Waals surface area contributed by atoms with E-state index in [1.807, 2.05) is 0 Å². The molecule has 89 heavy (non-hydrogen) atoms. The van der Waals surface area contributed by atoms with Crippen molar-refractivity contribution in [1.82, 2.24) is 0 Å². The molecule has 1 aliphatic rings. The fraction of sp³-hybridized carbons (Fsp3) is 0.651. The van der Waals surface area contributed by atoms with E-state index in [9.17, 15) is 5.53 Å². The van der Waals surface area contributed by atoms with Crippen molar-refractivity contribution in [3.8, 4) is 11.8 Å². The molecule has 2 nitrogen and oxygen atoms in total. The Bertz CT molecular complexity index is 2470. The summed E-state index contributed by atoms with van der Waals surface area (Å²) in [5.74, 6) is 7.58. The Labute approximate surface area is 560 Å². The molecule has 0 aromatic heterocycles. The molecule has 0 radical (unpaired) electrons. The molecule has 4 aromatic carbocycles. The van der Waals surface area contributed by atoms with Gasteiger partial charge in [0, 0.05) is 23.1 Å². The van der Waals surface area contributed by atoms with Gasteiger partial charge in [0.15, 0.2) is 0 Å². The third-order valence-electron chi connectivity index (χ3n) is 18.7. The number of allylic oxidation sites excluding steroid dienone is 2. The molecule has 3 heteroatoms. The van der Waals surface area contributed by atoms with Crippen LogP contribution in [0.3, 0.4) is 0 Å². The first kappa shape index (κ1) is 77.6. The molecule has 0 saturated carbocycles.